The van der Waals surface area contributed by atoms with Crippen LogP contribution < -0.4 is 9.04 Å². The number of benzene rings is 2. The maximum Gasteiger partial charge on any atom is 0.264 e. The van der Waals surface area contributed by atoms with Gasteiger partial charge in [0.25, 0.3) is 10.0 Å². The molecule has 0 aliphatic carbocycles. The number of methoxy groups -OCH3 is 1. The lowest BCUT2D eigenvalue weighted by atomic mass is 10.2. The smallest absolute Gasteiger partial charge is 0.264 e. The van der Waals surface area contributed by atoms with Crippen molar-refractivity contribution >= 4 is 27.3 Å². The van der Waals surface area contributed by atoms with Crippen LogP contribution in [-0.4, -0.2) is 20.7 Å². The lowest BCUT2D eigenvalue weighted by Crippen LogP contribution is -2.31. The van der Waals surface area contributed by atoms with Gasteiger partial charge in [-0.2, -0.15) is 0 Å². The third kappa shape index (κ3) is 3.79. The van der Waals surface area contributed by atoms with Crippen molar-refractivity contribution in [2.24, 2.45) is 0 Å². The zero-order valence-electron chi connectivity index (χ0n) is 15.1. The van der Waals surface area contributed by atoms with Crippen LogP contribution in [0.3, 0.4) is 0 Å². The summed E-state index contributed by atoms with van der Waals surface area (Å²) in [5, 5.41) is 4.39. The second kappa shape index (κ2) is 7.62. The molecule has 142 valence electrons. The Balaban J connectivity index is 2.16. The number of halogens is 1. The summed E-state index contributed by atoms with van der Waals surface area (Å²) in [7, 11) is -2.39. The Bertz CT molecular complexity index is 1030. The SMILES string of the molecule is COc1ccccc1N(Cc1c(C)noc1C)S(=O)(=O)c1ccc(Cl)cc1. The van der Waals surface area contributed by atoms with Crippen LogP contribution in [-0.2, 0) is 16.6 Å². The second-order valence-electron chi connectivity index (χ2n) is 5.94. The van der Waals surface area contributed by atoms with E-state index in [1.54, 1.807) is 50.2 Å². The summed E-state index contributed by atoms with van der Waals surface area (Å²) >= 11 is 5.91. The second-order valence-corrected chi connectivity index (χ2v) is 8.24. The number of anilines is 1. The highest BCUT2D eigenvalue weighted by Crippen LogP contribution is 2.34. The lowest BCUT2D eigenvalue weighted by molar-refractivity contribution is 0.392. The van der Waals surface area contributed by atoms with Gasteiger partial charge in [-0.3, -0.25) is 4.31 Å². The summed E-state index contributed by atoms with van der Waals surface area (Å²) in [5.41, 5.74) is 1.77. The highest BCUT2D eigenvalue weighted by Gasteiger charge is 2.29. The molecule has 0 saturated carbocycles. The Morgan fingerprint density at radius 2 is 1.78 bits per heavy atom. The fraction of sp³-hybridized carbons (Fsp3) is 0.211. The van der Waals surface area contributed by atoms with Crippen LogP contribution in [0.4, 0.5) is 5.69 Å². The van der Waals surface area contributed by atoms with Gasteiger partial charge in [-0.15, -0.1) is 0 Å². The first kappa shape index (κ1) is 19.3. The summed E-state index contributed by atoms with van der Waals surface area (Å²) < 4.78 is 38.8. The molecular weight excluding hydrogens is 388 g/mol. The number of hydrogen-bond donors (Lipinski definition) is 0. The highest BCUT2D eigenvalue weighted by molar-refractivity contribution is 7.92. The zero-order chi connectivity index (χ0) is 19.6. The Kier molecular flexibility index (Phi) is 5.43. The van der Waals surface area contributed by atoms with Crippen LogP contribution >= 0.6 is 11.6 Å². The molecule has 2 aromatic carbocycles. The molecule has 0 fully saturated rings. The fourth-order valence-electron chi connectivity index (χ4n) is 2.74. The molecular formula is C19H19ClN2O4S. The first-order valence-electron chi connectivity index (χ1n) is 8.17. The van der Waals surface area contributed by atoms with E-state index in [4.69, 9.17) is 20.9 Å². The topological polar surface area (TPSA) is 72.6 Å². The lowest BCUT2D eigenvalue weighted by Gasteiger charge is -2.26. The molecule has 8 heteroatoms. The summed E-state index contributed by atoms with van der Waals surface area (Å²) in [6.07, 6.45) is 0. The van der Waals surface area contributed by atoms with E-state index in [1.807, 2.05) is 0 Å². The molecule has 1 heterocycles. The van der Waals surface area contributed by atoms with Gasteiger partial charge in [0.05, 0.1) is 29.9 Å². The molecule has 0 amide bonds. The van der Waals surface area contributed by atoms with Crippen molar-refractivity contribution in [2.75, 3.05) is 11.4 Å². The van der Waals surface area contributed by atoms with Crippen LogP contribution in [0.1, 0.15) is 17.0 Å². The minimum Gasteiger partial charge on any atom is -0.495 e. The van der Waals surface area contributed by atoms with E-state index in [-0.39, 0.29) is 11.4 Å². The molecule has 0 bridgehead atoms. The van der Waals surface area contributed by atoms with Crippen LogP contribution in [0.5, 0.6) is 5.75 Å². The standard InChI is InChI=1S/C19H19ClN2O4S/c1-13-17(14(2)26-21-13)12-22(18-6-4-5-7-19(18)25-3)27(23,24)16-10-8-15(20)9-11-16/h4-11H,12H2,1-3H3. The summed E-state index contributed by atoms with van der Waals surface area (Å²) in [4.78, 5) is 0.129. The van der Waals surface area contributed by atoms with Gasteiger partial charge in [-0.05, 0) is 50.2 Å². The van der Waals surface area contributed by atoms with E-state index in [9.17, 15) is 8.42 Å². The molecule has 0 unspecified atom stereocenters. The molecule has 0 saturated heterocycles. The molecule has 0 aliphatic heterocycles. The predicted molar refractivity (Wildman–Crippen MR) is 104 cm³/mol. The van der Waals surface area contributed by atoms with Crippen molar-refractivity contribution in [1.29, 1.82) is 0 Å². The van der Waals surface area contributed by atoms with E-state index < -0.39 is 10.0 Å². The Morgan fingerprint density at radius 3 is 2.37 bits per heavy atom. The third-order valence-electron chi connectivity index (χ3n) is 4.24. The van der Waals surface area contributed by atoms with Gasteiger partial charge in [0.15, 0.2) is 0 Å². The van der Waals surface area contributed by atoms with Gasteiger partial charge in [0.1, 0.15) is 11.5 Å². The van der Waals surface area contributed by atoms with Crippen molar-refractivity contribution < 1.29 is 17.7 Å². The van der Waals surface area contributed by atoms with Crippen LogP contribution in [0, 0.1) is 13.8 Å². The summed E-state index contributed by atoms with van der Waals surface area (Å²) in [6, 6.07) is 13.0. The van der Waals surface area contributed by atoms with E-state index in [0.717, 1.165) is 0 Å². The zero-order valence-corrected chi connectivity index (χ0v) is 16.7. The van der Waals surface area contributed by atoms with Crippen LogP contribution in [0.2, 0.25) is 5.02 Å². The Labute approximate surface area is 163 Å². The maximum absolute atomic E-state index is 13.4. The minimum absolute atomic E-state index is 0.0620. The van der Waals surface area contributed by atoms with Crippen molar-refractivity contribution in [3.05, 3.63) is 70.6 Å². The minimum atomic E-state index is -3.89. The number of sulfonamides is 1. The maximum atomic E-state index is 13.4. The number of nitrogens with zero attached hydrogens (tertiary/aromatic N) is 2. The molecule has 0 aliphatic rings. The molecule has 3 aromatic rings. The molecule has 0 radical (unpaired) electrons. The van der Waals surface area contributed by atoms with E-state index in [2.05, 4.69) is 5.16 Å². The predicted octanol–water partition coefficient (Wildman–Crippen LogP) is 4.35. The Morgan fingerprint density at radius 1 is 1.11 bits per heavy atom. The van der Waals surface area contributed by atoms with E-state index in [1.165, 1.54) is 23.5 Å². The van der Waals surface area contributed by atoms with Crippen molar-refractivity contribution in [1.82, 2.24) is 5.16 Å². The molecule has 0 N–H and O–H groups in total. The summed E-state index contributed by atoms with van der Waals surface area (Å²) in [5.74, 6) is 1.01. The van der Waals surface area contributed by atoms with Gasteiger partial charge in [0, 0.05) is 10.6 Å². The van der Waals surface area contributed by atoms with E-state index >= 15 is 0 Å². The van der Waals surface area contributed by atoms with Crippen LogP contribution in [0.15, 0.2) is 57.9 Å². The first-order chi connectivity index (χ1) is 12.8. The molecule has 3 rings (SSSR count). The largest absolute Gasteiger partial charge is 0.495 e. The van der Waals surface area contributed by atoms with Gasteiger partial charge < -0.3 is 9.26 Å². The van der Waals surface area contributed by atoms with Crippen molar-refractivity contribution in [2.45, 2.75) is 25.3 Å². The van der Waals surface area contributed by atoms with Gasteiger partial charge in [0.2, 0.25) is 0 Å². The first-order valence-corrected chi connectivity index (χ1v) is 9.99. The molecule has 0 spiro atoms. The average molecular weight is 407 g/mol. The number of ether oxygens (including phenoxy) is 1. The van der Waals surface area contributed by atoms with Crippen LogP contribution in [0.25, 0.3) is 0 Å². The average Bonchev–Trinajstić information content (AvgIpc) is 2.98. The van der Waals surface area contributed by atoms with Crippen molar-refractivity contribution in [3.63, 3.8) is 0 Å². The Hall–Kier alpha value is -2.51. The van der Waals surface area contributed by atoms with E-state index in [0.29, 0.717) is 33.5 Å². The molecule has 6 nitrogen and oxygen atoms in total. The number of aryl methyl sites for hydroxylation is 2. The number of hydrogen-bond acceptors (Lipinski definition) is 5. The third-order valence-corrected chi connectivity index (χ3v) is 6.26. The van der Waals surface area contributed by atoms with Crippen molar-refractivity contribution in [3.8, 4) is 5.75 Å². The molecule has 27 heavy (non-hydrogen) atoms. The fourth-order valence-corrected chi connectivity index (χ4v) is 4.31. The quantitative estimate of drug-likeness (QED) is 0.608. The number of para-hydroxylation sites is 2. The highest BCUT2D eigenvalue weighted by atomic mass is 35.5. The monoisotopic (exact) mass is 406 g/mol. The number of rotatable bonds is 6. The van der Waals surface area contributed by atoms with Gasteiger partial charge in [-0.25, -0.2) is 8.42 Å². The van der Waals surface area contributed by atoms with Gasteiger partial charge >= 0.3 is 0 Å². The molecule has 0 atom stereocenters. The molecule has 1 aromatic heterocycles. The summed E-state index contributed by atoms with van der Waals surface area (Å²) in [6.45, 7) is 3.60. The normalized spacial score (nSPS) is 11.4. The van der Waals surface area contributed by atoms with Gasteiger partial charge in [-0.1, -0.05) is 28.9 Å². The number of aromatic nitrogens is 1.